The van der Waals surface area contributed by atoms with E-state index in [9.17, 15) is 32.9 Å². The third kappa shape index (κ3) is 9.65. The number of nitrogens with zero attached hydrogens (tertiary/aromatic N) is 2. The topological polar surface area (TPSA) is 174 Å². The summed E-state index contributed by atoms with van der Waals surface area (Å²) in [5, 5.41) is 13.7. The molecule has 0 radical (unpaired) electrons. The summed E-state index contributed by atoms with van der Waals surface area (Å²) >= 11 is 5.84. The molecule has 3 atom stereocenters. The van der Waals surface area contributed by atoms with E-state index in [1.54, 1.807) is 63.2 Å². The second-order valence-electron chi connectivity index (χ2n) is 13.1. The minimum Gasteiger partial charge on any atom is -0.488 e. The van der Waals surface area contributed by atoms with Crippen molar-refractivity contribution < 1.29 is 37.2 Å². The molecule has 272 valence electrons. The molecule has 0 saturated carbocycles. The fraction of sp³-hybridized carbons (Fsp3) is 0.270. The fourth-order valence-corrected chi connectivity index (χ4v) is 6.82. The molecule has 4 aromatic rings. The van der Waals surface area contributed by atoms with E-state index >= 15 is 0 Å². The van der Waals surface area contributed by atoms with Crippen molar-refractivity contribution >= 4 is 45.2 Å². The van der Waals surface area contributed by atoms with E-state index in [1.807, 2.05) is 47.2 Å². The van der Waals surface area contributed by atoms with Gasteiger partial charge in [0.1, 0.15) is 34.6 Å². The number of sulfonamides is 1. The first-order valence-electron chi connectivity index (χ1n) is 16.3. The van der Waals surface area contributed by atoms with Crippen molar-refractivity contribution in [3.8, 4) is 16.9 Å². The fourth-order valence-electron chi connectivity index (χ4n) is 5.59. The van der Waals surface area contributed by atoms with Gasteiger partial charge in [-0.1, -0.05) is 84.4 Å². The number of nitro benzene ring substituents is 1. The molecule has 3 amide bonds. The zero-order valence-electron chi connectivity index (χ0n) is 28.5. The van der Waals surface area contributed by atoms with Crippen LogP contribution in [-0.2, 0) is 30.8 Å². The first-order valence-corrected chi connectivity index (χ1v) is 18.1. The Morgan fingerprint density at radius 2 is 1.56 bits per heavy atom. The Morgan fingerprint density at radius 1 is 0.942 bits per heavy atom. The average Bonchev–Trinajstić information content (AvgIpc) is 3.52. The van der Waals surface area contributed by atoms with Crippen LogP contribution in [0.3, 0.4) is 0 Å². The van der Waals surface area contributed by atoms with Gasteiger partial charge in [-0.3, -0.25) is 24.6 Å². The van der Waals surface area contributed by atoms with E-state index in [0.717, 1.165) is 29.3 Å². The third-order valence-corrected chi connectivity index (χ3v) is 9.70. The van der Waals surface area contributed by atoms with Crippen LogP contribution in [-0.4, -0.2) is 66.5 Å². The lowest BCUT2D eigenvalue weighted by atomic mass is 10.0. The predicted molar refractivity (Wildman–Crippen MR) is 193 cm³/mol. The Morgan fingerprint density at radius 3 is 2.17 bits per heavy atom. The molecule has 2 N–H and O–H groups in total. The summed E-state index contributed by atoms with van der Waals surface area (Å²) in [7, 11) is -4.65. The van der Waals surface area contributed by atoms with E-state index < -0.39 is 67.2 Å². The van der Waals surface area contributed by atoms with Gasteiger partial charge in [-0.15, -0.1) is 0 Å². The standard InChI is InChI=1S/C37H37ClN4O9S/c1-37(2,3)51-36(45)41-23-28(50-27-16-14-26(15-17-27)25-12-8-5-9-13-25)21-33(41)35(44)39-31(20-24-10-6-4-7-11-24)34(43)40-52(48,49)29-18-19-30(38)32(22-29)42(46)47/h4-19,22,28,31,33H,20-21,23H2,1-3H3,(H,39,44)(H,40,43)/t28-,31-,33-/m0/s1. The highest BCUT2D eigenvalue weighted by molar-refractivity contribution is 7.90. The lowest BCUT2D eigenvalue weighted by molar-refractivity contribution is -0.384. The van der Waals surface area contributed by atoms with Crippen LogP contribution in [0.25, 0.3) is 11.1 Å². The van der Waals surface area contributed by atoms with Crippen LogP contribution in [0.1, 0.15) is 32.8 Å². The van der Waals surface area contributed by atoms with Gasteiger partial charge in [0.15, 0.2) is 0 Å². The lowest BCUT2D eigenvalue weighted by Gasteiger charge is -2.28. The van der Waals surface area contributed by atoms with Gasteiger partial charge in [-0.25, -0.2) is 17.9 Å². The molecule has 4 aromatic carbocycles. The Kier molecular flexibility index (Phi) is 11.5. The molecule has 15 heteroatoms. The SMILES string of the molecule is CC(C)(C)OC(=O)N1C[C@@H](Oc2ccc(-c3ccccc3)cc2)C[C@H]1C(=O)N[C@@H](Cc1ccccc1)C(=O)NS(=O)(=O)c1ccc(Cl)c([N+](=O)[O-])c1. The van der Waals surface area contributed by atoms with Gasteiger partial charge in [-0.2, -0.15) is 0 Å². The third-order valence-electron chi connectivity index (χ3n) is 8.03. The summed E-state index contributed by atoms with van der Waals surface area (Å²) in [4.78, 5) is 52.2. The van der Waals surface area contributed by atoms with Crippen LogP contribution in [0, 0.1) is 10.1 Å². The van der Waals surface area contributed by atoms with Gasteiger partial charge in [0, 0.05) is 18.9 Å². The number of likely N-dealkylation sites (tertiary alicyclic amines) is 1. The summed E-state index contributed by atoms with van der Waals surface area (Å²) in [5.74, 6) is -1.33. The van der Waals surface area contributed by atoms with Crippen LogP contribution in [0.15, 0.2) is 108 Å². The number of ether oxygens (including phenoxy) is 2. The number of hydrogen-bond acceptors (Lipinski definition) is 9. The van der Waals surface area contributed by atoms with Crippen LogP contribution in [0.4, 0.5) is 10.5 Å². The normalized spacial score (nSPS) is 16.4. The molecule has 1 aliphatic heterocycles. The Labute approximate surface area is 306 Å². The first-order chi connectivity index (χ1) is 24.6. The maximum Gasteiger partial charge on any atom is 0.411 e. The van der Waals surface area contributed by atoms with Gasteiger partial charge >= 0.3 is 6.09 Å². The zero-order valence-corrected chi connectivity index (χ0v) is 30.1. The van der Waals surface area contributed by atoms with Crippen molar-refractivity contribution in [1.29, 1.82) is 0 Å². The minimum absolute atomic E-state index is 0.00723. The second-order valence-corrected chi connectivity index (χ2v) is 15.2. The maximum absolute atomic E-state index is 14.0. The number of carbonyl (C=O) groups excluding carboxylic acids is 3. The van der Waals surface area contributed by atoms with Crippen molar-refractivity contribution in [3.05, 3.63) is 124 Å². The molecule has 5 rings (SSSR count). The number of carbonyl (C=O) groups is 3. The molecule has 13 nitrogen and oxygen atoms in total. The number of rotatable bonds is 11. The van der Waals surface area contributed by atoms with Gasteiger partial charge in [0.2, 0.25) is 5.91 Å². The van der Waals surface area contributed by atoms with Gasteiger partial charge in [0.25, 0.3) is 21.6 Å². The number of nitrogens with one attached hydrogen (secondary N) is 2. The molecular formula is C37H37ClN4O9S. The molecule has 0 aromatic heterocycles. The minimum atomic E-state index is -4.65. The van der Waals surface area contributed by atoms with Crippen molar-refractivity contribution in [2.24, 2.45) is 0 Å². The van der Waals surface area contributed by atoms with E-state index in [-0.39, 0.29) is 24.4 Å². The van der Waals surface area contributed by atoms with E-state index in [1.165, 1.54) is 4.90 Å². The quantitative estimate of drug-likeness (QED) is 0.140. The number of benzene rings is 4. The first kappa shape index (κ1) is 37.8. The van der Waals surface area contributed by atoms with Gasteiger partial charge in [0.05, 0.1) is 16.4 Å². The van der Waals surface area contributed by atoms with Crippen molar-refractivity contribution in [2.75, 3.05) is 6.54 Å². The molecule has 1 saturated heterocycles. The van der Waals surface area contributed by atoms with Crippen molar-refractivity contribution in [3.63, 3.8) is 0 Å². The van der Waals surface area contributed by atoms with E-state index in [4.69, 9.17) is 21.1 Å². The van der Waals surface area contributed by atoms with Gasteiger partial charge < -0.3 is 14.8 Å². The molecule has 1 fully saturated rings. The number of halogens is 1. The summed E-state index contributed by atoms with van der Waals surface area (Å²) in [6, 6.07) is 25.9. The van der Waals surface area contributed by atoms with E-state index in [2.05, 4.69) is 5.32 Å². The Balaban J connectivity index is 1.37. The summed E-state index contributed by atoms with van der Waals surface area (Å²) < 4.78 is 40.2. The monoisotopic (exact) mass is 748 g/mol. The molecule has 0 aliphatic carbocycles. The van der Waals surface area contributed by atoms with Crippen LogP contribution in [0.5, 0.6) is 5.75 Å². The maximum atomic E-state index is 14.0. The molecule has 52 heavy (non-hydrogen) atoms. The lowest BCUT2D eigenvalue weighted by Crippen LogP contribution is -2.55. The van der Waals surface area contributed by atoms with Crippen LogP contribution in [0.2, 0.25) is 5.02 Å². The van der Waals surface area contributed by atoms with Crippen molar-refractivity contribution in [2.45, 2.75) is 62.3 Å². The number of amides is 3. The highest BCUT2D eigenvalue weighted by atomic mass is 35.5. The van der Waals surface area contributed by atoms with Crippen molar-refractivity contribution in [1.82, 2.24) is 14.9 Å². The molecule has 0 bridgehead atoms. The van der Waals surface area contributed by atoms with Crippen LogP contribution < -0.4 is 14.8 Å². The molecule has 0 unspecified atom stereocenters. The van der Waals surface area contributed by atoms with E-state index in [0.29, 0.717) is 11.3 Å². The summed E-state index contributed by atoms with van der Waals surface area (Å²) in [6.45, 7) is 5.06. The molecule has 1 aliphatic rings. The largest absolute Gasteiger partial charge is 0.488 e. The molecule has 1 heterocycles. The van der Waals surface area contributed by atoms with Gasteiger partial charge in [-0.05, 0) is 61.7 Å². The average molecular weight is 749 g/mol. The molecular weight excluding hydrogens is 712 g/mol. The second kappa shape index (κ2) is 15.8. The predicted octanol–water partition coefficient (Wildman–Crippen LogP) is 5.90. The Hall–Kier alpha value is -5.47. The number of nitro groups is 1. The highest BCUT2D eigenvalue weighted by Gasteiger charge is 2.44. The smallest absolute Gasteiger partial charge is 0.411 e. The number of hydrogen-bond donors (Lipinski definition) is 2. The summed E-state index contributed by atoms with van der Waals surface area (Å²) in [6.07, 6.45) is -1.48. The summed E-state index contributed by atoms with van der Waals surface area (Å²) in [5.41, 5.74) is 1.05. The van der Waals surface area contributed by atoms with Crippen LogP contribution >= 0.6 is 11.6 Å². The molecule has 0 spiro atoms. The highest BCUT2D eigenvalue weighted by Crippen LogP contribution is 2.29. The zero-order chi connectivity index (χ0) is 37.6. The Bertz CT molecular complexity index is 2040.